The molecule has 2 rings (SSSR count). The molecule has 0 saturated carbocycles. The Kier molecular flexibility index (Phi) is 2.43. The van der Waals surface area contributed by atoms with Gasteiger partial charge in [-0.2, -0.15) is 0 Å². The lowest BCUT2D eigenvalue weighted by Crippen LogP contribution is -2.16. The highest BCUT2D eigenvalue weighted by atomic mass is 32.2. The molecule has 0 radical (unpaired) electrons. The molecule has 0 fully saturated rings. The first-order valence-corrected chi connectivity index (χ1v) is 6.01. The summed E-state index contributed by atoms with van der Waals surface area (Å²) in [6, 6.07) is 6.09. The monoisotopic (exact) mass is 239 g/mol. The number of sulfone groups is 1. The largest absolute Gasteiger partial charge is 0.504 e. The second kappa shape index (κ2) is 3.64. The molecule has 1 aromatic carbocycles. The normalized spacial score (nSPS) is 17.8. The maximum Gasteiger partial charge on any atom is 0.320 e. The number of para-hydroxylation sites is 2. The fourth-order valence-corrected chi connectivity index (χ4v) is 2.31. The van der Waals surface area contributed by atoms with Crippen molar-refractivity contribution in [1.29, 1.82) is 0 Å². The van der Waals surface area contributed by atoms with E-state index in [1.807, 2.05) is 0 Å². The van der Waals surface area contributed by atoms with Crippen LogP contribution in [0.2, 0.25) is 0 Å². The SMILES string of the molecule is CC1=CS(=O)(=O)C(Oc2ccccc2O)=N1. The molecule has 1 aliphatic rings. The maximum absolute atomic E-state index is 11.5. The van der Waals surface area contributed by atoms with Gasteiger partial charge >= 0.3 is 5.23 Å². The Morgan fingerprint density at radius 2 is 2.00 bits per heavy atom. The summed E-state index contributed by atoms with van der Waals surface area (Å²) >= 11 is 0. The smallest absolute Gasteiger partial charge is 0.320 e. The van der Waals surface area contributed by atoms with Crippen molar-refractivity contribution in [3.63, 3.8) is 0 Å². The number of ether oxygens (including phenoxy) is 1. The van der Waals surface area contributed by atoms with Crippen molar-refractivity contribution in [3.8, 4) is 11.5 Å². The van der Waals surface area contributed by atoms with E-state index >= 15 is 0 Å². The summed E-state index contributed by atoms with van der Waals surface area (Å²) in [6.45, 7) is 1.55. The van der Waals surface area contributed by atoms with Crippen LogP contribution in [-0.2, 0) is 9.84 Å². The molecular formula is C10H9NO4S. The Hall–Kier alpha value is -1.82. The third-order valence-corrected chi connectivity index (χ3v) is 3.21. The zero-order valence-electron chi connectivity index (χ0n) is 8.41. The average Bonchev–Trinajstić information content (AvgIpc) is 2.43. The second-order valence-corrected chi connectivity index (χ2v) is 4.93. The lowest BCUT2D eigenvalue weighted by Gasteiger charge is -2.05. The van der Waals surface area contributed by atoms with E-state index in [4.69, 9.17) is 4.74 Å². The topological polar surface area (TPSA) is 76.0 Å². The van der Waals surface area contributed by atoms with Gasteiger partial charge in [-0.05, 0) is 19.1 Å². The van der Waals surface area contributed by atoms with Crippen molar-refractivity contribution in [2.75, 3.05) is 0 Å². The number of phenolic OH excluding ortho intramolecular Hbond substituents is 1. The predicted molar refractivity (Wildman–Crippen MR) is 58.8 cm³/mol. The summed E-state index contributed by atoms with van der Waals surface area (Å²) in [4.78, 5) is 3.73. The zero-order valence-corrected chi connectivity index (χ0v) is 9.23. The van der Waals surface area contributed by atoms with E-state index in [0.29, 0.717) is 5.70 Å². The van der Waals surface area contributed by atoms with E-state index in [1.165, 1.54) is 12.1 Å². The molecule has 1 heterocycles. The first kappa shape index (κ1) is 10.7. The van der Waals surface area contributed by atoms with E-state index in [1.54, 1.807) is 19.1 Å². The summed E-state index contributed by atoms with van der Waals surface area (Å²) in [6.07, 6.45) is 0. The predicted octanol–water partition coefficient (Wildman–Crippen LogP) is 1.42. The van der Waals surface area contributed by atoms with Gasteiger partial charge in [0.25, 0.3) is 9.84 Å². The summed E-state index contributed by atoms with van der Waals surface area (Å²) in [5, 5.41) is 10.0. The molecule has 0 amide bonds. The molecule has 0 aromatic heterocycles. The van der Waals surface area contributed by atoms with Gasteiger partial charge in [-0.1, -0.05) is 12.1 Å². The number of allylic oxidation sites excluding steroid dienone is 1. The Labute approximate surface area is 92.6 Å². The standard InChI is InChI=1S/C10H9NO4S/c1-7-6-16(13,14)10(11-7)15-9-5-3-2-4-8(9)12/h2-6,12H,1H3. The first-order chi connectivity index (χ1) is 7.49. The van der Waals surface area contributed by atoms with Gasteiger partial charge in [-0.15, -0.1) is 0 Å². The van der Waals surface area contributed by atoms with Crippen LogP contribution in [0.25, 0.3) is 0 Å². The molecule has 6 heteroatoms. The minimum atomic E-state index is -3.60. The van der Waals surface area contributed by atoms with Crippen molar-refractivity contribution in [3.05, 3.63) is 35.4 Å². The molecule has 0 aliphatic carbocycles. The van der Waals surface area contributed by atoms with Gasteiger partial charge in [0.2, 0.25) is 0 Å². The second-order valence-electron chi connectivity index (χ2n) is 3.25. The lowest BCUT2D eigenvalue weighted by atomic mass is 10.3. The average molecular weight is 239 g/mol. The van der Waals surface area contributed by atoms with Gasteiger partial charge in [0.15, 0.2) is 11.5 Å². The number of rotatable bonds is 1. The van der Waals surface area contributed by atoms with Crippen LogP contribution in [0.1, 0.15) is 6.92 Å². The van der Waals surface area contributed by atoms with Crippen molar-refractivity contribution in [2.24, 2.45) is 4.99 Å². The van der Waals surface area contributed by atoms with Gasteiger partial charge in [0, 0.05) is 0 Å². The summed E-state index contributed by atoms with van der Waals surface area (Å²) in [5.74, 6) is -0.0714. The van der Waals surface area contributed by atoms with E-state index in [-0.39, 0.29) is 11.5 Å². The van der Waals surface area contributed by atoms with Crippen LogP contribution in [0.4, 0.5) is 0 Å². The van der Waals surface area contributed by atoms with Crippen molar-refractivity contribution >= 4 is 15.1 Å². The third-order valence-electron chi connectivity index (χ3n) is 1.90. The maximum atomic E-state index is 11.5. The molecule has 1 N–H and O–H groups in total. The Morgan fingerprint density at radius 3 is 2.56 bits per heavy atom. The summed E-state index contributed by atoms with van der Waals surface area (Å²) in [7, 11) is -3.60. The van der Waals surface area contributed by atoms with Gasteiger partial charge < -0.3 is 9.84 Å². The fraction of sp³-hybridized carbons (Fsp3) is 0.100. The summed E-state index contributed by atoms with van der Waals surface area (Å²) < 4.78 is 28.0. The lowest BCUT2D eigenvalue weighted by molar-refractivity contribution is 0.436. The molecule has 1 aromatic rings. The van der Waals surface area contributed by atoms with Crippen LogP contribution in [0.5, 0.6) is 11.5 Å². The van der Waals surface area contributed by atoms with E-state index < -0.39 is 15.1 Å². The number of benzene rings is 1. The van der Waals surface area contributed by atoms with Crippen LogP contribution in [-0.4, -0.2) is 18.8 Å². The van der Waals surface area contributed by atoms with E-state index in [0.717, 1.165) is 5.41 Å². The number of hydrogen-bond donors (Lipinski definition) is 1. The molecule has 0 spiro atoms. The Balaban J connectivity index is 2.32. The van der Waals surface area contributed by atoms with Crippen LogP contribution in [0.3, 0.4) is 0 Å². The van der Waals surface area contributed by atoms with Crippen molar-refractivity contribution in [2.45, 2.75) is 6.92 Å². The van der Waals surface area contributed by atoms with Crippen LogP contribution < -0.4 is 4.74 Å². The van der Waals surface area contributed by atoms with Crippen LogP contribution in [0.15, 0.2) is 40.4 Å². The third kappa shape index (κ3) is 1.92. The highest BCUT2D eigenvalue weighted by Gasteiger charge is 2.26. The molecule has 16 heavy (non-hydrogen) atoms. The number of nitrogens with zero attached hydrogens (tertiary/aromatic N) is 1. The van der Waals surface area contributed by atoms with Crippen LogP contribution in [0, 0.1) is 0 Å². The molecule has 5 nitrogen and oxygen atoms in total. The van der Waals surface area contributed by atoms with E-state index in [2.05, 4.69) is 4.99 Å². The quantitative estimate of drug-likeness (QED) is 0.804. The number of phenols is 1. The van der Waals surface area contributed by atoms with Gasteiger partial charge in [-0.25, -0.2) is 13.4 Å². The van der Waals surface area contributed by atoms with E-state index in [9.17, 15) is 13.5 Å². The van der Waals surface area contributed by atoms with Gasteiger partial charge in [0.1, 0.15) is 0 Å². The molecule has 84 valence electrons. The fourth-order valence-electron chi connectivity index (χ4n) is 1.23. The first-order valence-electron chi connectivity index (χ1n) is 4.47. The Morgan fingerprint density at radius 1 is 1.31 bits per heavy atom. The number of hydrogen-bond acceptors (Lipinski definition) is 5. The molecule has 0 unspecified atom stereocenters. The summed E-state index contributed by atoms with van der Waals surface area (Å²) in [5.41, 5.74) is 0.352. The van der Waals surface area contributed by atoms with Crippen molar-refractivity contribution in [1.82, 2.24) is 0 Å². The Bertz CT molecular complexity index is 587. The van der Waals surface area contributed by atoms with Gasteiger partial charge in [-0.3, -0.25) is 0 Å². The molecular weight excluding hydrogens is 230 g/mol. The highest BCUT2D eigenvalue weighted by Crippen LogP contribution is 2.27. The number of aromatic hydroxyl groups is 1. The zero-order chi connectivity index (χ0) is 11.8. The molecule has 1 aliphatic heterocycles. The van der Waals surface area contributed by atoms with Crippen molar-refractivity contribution < 1.29 is 18.3 Å². The van der Waals surface area contributed by atoms with Crippen LogP contribution >= 0.6 is 0 Å². The molecule has 0 bridgehead atoms. The highest BCUT2D eigenvalue weighted by molar-refractivity contribution is 8.08. The molecule has 0 atom stereocenters. The van der Waals surface area contributed by atoms with Gasteiger partial charge in [0.05, 0.1) is 11.1 Å². The minimum absolute atomic E-state index is 0.0629. The number of aliphatic imine (C=N–C) groups is 1. The minimum Gasteiger partial charge on any atom is -0.504 e. The molecule has 0 saturated heterocycles.